The van der Waals surface area contributed by atoms with Crippen molar-refractivity contribution in [3.05, 3.63) is 0 Å². The Kier molecular flexibility index (Phi) is 4.97. The summed E-state index contributed by atoms with van der Waals surface area (Å²) in [5, 5.41) is 0.202. The number of likely N-dealkylation sites (tertiary alicyclic amines) is 1. The van der Waals surface area contributed by atoms with Crippen LogP contribution in [0.1, 0.15) is 48.0 Å². The molecular weight excluding hydrogens is 270 g/mol. The molecule has 1 aliphatic rings. The molecule has 0 unspecified atom stereocenters. The van der Waals surface area contributed by atoms with Gasteiger partial charge in [0, 0.05) is 6.54 Å². The predicted octanol–water partition coefficient (Wildman–Crippen LogP) is 4.02. The third-order valence-corrected chi connectivity index (χ3v) is 8.72. The second-order valence-corrected chi connectivity index (χ2v) is 13.0. The van der Waals surface area contributed by atoms with Crippen molar-refractivity contribution in [1.29, 1.82) is 0 Å². The van der Waals surface area contributed by atoms with E-state index in [1.165, 1.54) is 0 Å². The minimum absolute atomic E-state index is 0.180. The van der Waals surface area contributed by atoms with E-state index >= 15 is 0 Å². The molecule has 0 aromatic rings. The first-order valence-corrected chi connectivity index (χ1v) is 10.4. The first kappa shape index (κ1) is 17.5. The van der Waals surface area contributed by atoms with Gasteiger partial charge in [-0.05, 0) is 45.3 Å². The average molecular weight is 302 g/mol. The maximum atomic E-state index is 12.0. The average Bonchev–Trinajstić information content (AvgIpc) is 2.09. The van der Waals surface area contributed by atoms with Crippen LogP contribution in [-0.2, 0) is 9.16 Å². The van der Waals surface area contributed by atoms with Crippen LogP contribution >= 0.6 is 0 Å². The molecule has 20 heavy (non-hydrogen) atoms. The number of amides is 1. The Labute approximate surface area is 124 Å². The topological polar surface area (TPSA) is 38.8 Å². The van der Waals surface area contributed by atoms with Gasteiger partial charge in [-0.1, -0.05) is 20.8 Å². The lowest BCUT2D eigenvalue weighted by molar-refractivity contribution is -0.0153. The van der Waals surface area contributed by atoms with Gasteiger partial charge in [0.25, 0.3) is 0 Å². The SMILES string of the molecule is CC(C)(C)OC(=O)N1CC[C@H]1CO[Si](C)(C)C(C)(C)C. The Morgan fingerprint density at radius 2 is 1.75 bits per heavy atom. The molecule has 0 saturated carbocycles. The van der Waals surface area contributed by atoms with Gasteiger partial charge >= 0.3 is 6.09 Å². The number of hydrogen-bond acceptors (Lipinski definition) is 3. The van der Waals surface area contributed by atoms with Gasteiger partial charge in [0.15, 0.2) is 8.32 Å². The standard InChI is InChI=1S/C15H31NO3Si/c1-14(2,3)19-13(17)16-10-9-12(16)11-18-20(7,8)15(4,5)6/h12H,9-11H2,1-8H3/t12-/m0/s1. The van der Waals surface area contributed by atoms with Crippen molar-refractivity contribution in [2.24, 2.45) is 0 Å². The minimum atomic E-state index is -1.74. The van der Waals surface area contributed by atoms with Crippen molar-refractivity contribution in [2.75, 3.05) is 13.2 Å². The smallest absolute Gasteiger partial charge is 0.410 e. The highest BCUT2D eigenvalue weighted by atomic mass is 28.4. The number of carbonyl (C=O) groups is 1. The number of nitrogens with zero attached hydrogens (tertiary/aromatic N) is 1. The van der Waals surface area contributed by atoms with Crippen molar-refractivity contribution in [1.82, 2.24) is 4.90 Å². The fraction of sp³-hybridized carbons (Fsp3) is 0.933. The van der Waals surface area contributed by atoms with E-state index in [1.54, 1.807) is 4.90 Å². The van der Waals surface area contributed by atoms with E-state index in [2.05, 4.69) is 33.9 Å². The van der Waals surface area contributed by atoms with Gasteiger partial charge in [0.05, 0.1) is 12.6 Å². The van der Waals surface area contributed by atoms with Gasteiger partial charge in [-0.15, -0.1) is 0 Å². The van der Waals surface area contributed by atoms with Crippen LogP contribution in [0, 0.1) is 0 Å². The van der Waals surface area contributed by atoms with Gasteiger partial charge in [-0.2, -0.15) is 0 Å². The monoisotopic (exact) mass is 301 g/mol. The van der Waals surface area contributed by atoms with Gasteiger partial charge in [-0.25, -0.2) is 4.79 Å². The molecule has 1 atom stereocenters. The molecule has 0 aromatic heterocycles. The highest BCUT2D eigenvalue weighted by Crippen LogP contribution is 2.37. The molecule has 1 fully saturated rings. The summed E-state index contributed by atoms with van der Waals surface area (Å²) < 4.78 is 11.6. The zero-order chi connectivity index (χ0) is 15.8. The predicted molar refractivity (Wildman–Crippen MR) is 84.5 cm³/mol. The van der Waals surface area contributed by atoms with Crippen LogP contribution in [0.4, 0.5) is 4.79 Å². The fourth-order valence-electron chi connectivity index (χ4n) is 1.70. The Morgan fingerprint density at radius 3 is 2.10 bits per heavy atom. The van der Waals surface area contributed by atoms with Crippen LogP contribution in [0.5, 0.6) is 0 Å². The molecule has 0 aliphatic carbocycles. The van der Waals surface area contributed by atoms with Crippen LogP contribution in [0.3, 0.4) is 0 Å². The molecule has 1 amide bonds. The van der Waals surface area contributed by atoms with Crippen molar-refractivity contribution < 1.29 is 14.0 Å². The highest BCUT2D eigenvalue weighted by Gasteiger charge is 2.41. The molecule has 1 rings (SSSR count). The number of rotatable bonds is 3. The van der Waals surface area contributed by atoms with Crippen LogP contribution in [0.25, 0.3) is 0 Å². The lowest BCUT2D eigenvalue weighted by Gasteiger charge is -2.44. The molecule has 0 N–H and O–H groups in total. The van der Waals surface area contributed by atoms with Gasteiger partial charge in [0.2, 0.25) is 0 Å². The Bertz CT molecular complexity index is 355. The zero-order valence-corrected chi connectivity index (χ0v) is 15.4. The van der Waals surface area contributed by atoms with Crippen LogP contribution in [0.2, 0.25) is 18.1 Å². The summed E-state index contributed by atoms with van der Waals surface area (Å²) in [7, 11) is -1.74. The van der Waals surface area contributed by atoms with Crippen molar-refractivity contribution in [3.8, 4) is 0 Å². The first-order chi connectivity index (χ1) is 8.83. The van der Waals surface area contributed by atoms with E-state index in [0.717, 1.165) is 13.0 Å². The Morgan fingerprint density at radius 1 is 1.20 bits per heavy atom. The summed E-state index contributed by atoms with van der Waals surface area (Å²) in [5.41, 5.74) is -0.433. The molecule has 1 saturated heterocycles. The number of ether oxygens (including phenoxy) is 1. The molecule has 0 spiro atoms. The van der Waals surface area contributed by atoms with Gasteiger partial charge < -0.3 is 14.1 Å². The summed E-state index contributed by atoms with van der Waals surface area (Å²) in [4.78, 5) is 13.8. The highest BCUT2D eigenvalue weighted by molar-refractivity contribution is 6.74. The molecule has 5 heteroatoms. The largest absolute Gasteiger partial charge is 0.444 e. The quantitative estimate of drug-likeness (QED) is 0.739. The summed E-state index contributed by atoms with van der Waals surface area (Å²) in [6.07, 6.45) is 0.793. The number of carbonyl (C=O) groups excluding carboxylic acids is 1. The summed E-state index contributed by atoms with van der Waals surface area (Å²) in [5.74, 6) is 0. The van der Waals surface area contributed by atoms with Crippen LogP contribution in [-0.4, -0.2) is 44.1 Å². The lowest BCUT2D eigenvalue weighted by atomic mass is 10.1. The lowest BCUT2D eigenvalue weighted by Crippen LogP contribution is -2.56. The molecule has 1 aliphatic heterocycles. The normalized spacial score (nSPS) is 20.6. The molecule has 0 radical (unpaired) electrons. The van der Waals surface area contributed by atoms with E-state index < -0.39 is 13.9 Å². The Balaban J connectivity index is 2.49. The van der Waals surface area contributed by atoms with Crippen LogP contribution < -0.4 is 0 Å². The van der Waals surface area contributed by atoms with E-state index in [-0.39, 0.29) is 17.2 Å². The molecule has 4 nitrogen and oxygen atoms in total. The summed E-state index contributed by atoms with van der Waals surface area (Å²) in [6, 6.07) is 0.180. The maximum Gasteiger partial charge on any atom is 0.410 e. The summed E-state index contributed by atoms with van der Waals surface area (Å²) in [6.45, 7) is 18.3. The van der Waals surface area contributed by atoms with E-state index in [0.29, 0.717) is 6.61 Å². The van der Waals surface area contributed by atoms with E-state index in [4.69, 9.17) is 9.16 Å². The van der Waals surface area contributed by atoms with Crippen molar-refractivity contribution >= 4 is 14.4 Å². The van der Waals surface area contributed by atoms with Crippen molar-refractivity contribution in [2.45, 2.75) is 77.7 Å². The molecule has 118 valence electrons. The summed E-state index contributed by atoms with van der Waals surface area (Å²) >= 11 is 0. The van der Waals surface area contributed by atoms with E-state index in [9.17, 15) is 4.79 Å². The van der Waals surface area contributed by atoms with Gasteiger partial charge in [0.1, 0.15) is 5.60 Å². The minimum Gasteiger partial charge on any atom is -0.444 e. The zero-order valence-electron chi connectivity index (χ0n) is 14.4. The second-order valence-electron chi connectivity index (χ2n) is 8.19. The fourth-order valence-corrected chi connectivity index (χ4v) is 2.74. The van der Waals surface area contributed by atoms with Gasteiger partial charge in [-0.3, -0.25) is 0 Å². The molecule has 0 bridgehead atoms. The van der Waals surface area contributed by atoms with Crippen molar-refractivity contribution in [3.63, 3.8) is 0 Å². The second kappa shape index (κ2) is 5.68. The van der Waals surface area contributed by atoms with E-state index in [1.807, 2.05) is 20.8 Å². The third kappa shape index (κ3) is 4.48. The maximum absolute atomic E-state index is 12.0. The molecule has 0 aromatic carbocycles. The number of hydrogen-bond donors (Lipinski definition) is 0. The van der Waals surface area contributed by atoms with Crippen LogP contribution in [0.15, 0.2) is 0 Å². The molecular formula is C15H31NO3Si. The third-order valence-electron chi connectivity index (χ3n) is 4.21. The first-order valence-electron chi connectivity index (χ1n) is 7.47. The Hall–Kier alpha value is -0.553. The molecule has 1 heterocycles.